The molecule has 3 aromatic carbocycles. The standard InChI is InChI=1S/C24H24ClNO2/c1-28-21-15-19(14-20(25)16-21)24(27)22-12-13-26(22)23(17-8-4-2-5-9-17)18-10-6-3-7-11-18/h2-11,14-16,22-24,27H,12-13H2,1H3. The van der Waals surface area contributed by atoms with Gasteiger partial charge in [-0.1, -0.05) is 72.3 Å². The molecule has 1 N–H and O–H groups in total. The van der Waals surface area contributed by atoms with Gasteiger partial charge in [0.1, 0.15) is 5.75 Å². The summed E-state index contributed by atoms with van der Waals surface area (Å²) in [4.78, 5) is 2.38. The molecule has 1 heterocycles. The first kappa shape index (κ1) is 19.0. The summed E-state index contributed by atoms with van der Waals surface area (Å²) in [5.74, 6) is 0.662. The molecule has 1 fully saturated rings. The number of halogens is 1. The Kier molecular flexibility index (Phi) is 5.67. The Morgan fingerprint density at radius 2 is 1.54 bits per heavy atom. The fourth-order valence-corrected chi connectivity index (χ4v) is 4.26. The largest absolute Gasteiger partial charge is 0.497 e. The van der Waals surface area contributed by atoms with Crippen LogP contribution in [0.4, 0.5) is 0 Å². The lowest BCUT2D eigenvalue weighted by atomic mass is 9.86. The van der Waals surface area contributed by atoms with E-state index in [4.69, 9.17) is 16.3 Å². The second-order valence-electron chi connectivity index (χ2n) is 7.19. The van der Waals surface area contributed by atoms with Crippen LogP contribution in [0.1, 0.15) is 35.3 Å². The molecule has 1 aliphatic heterocycles. The van der Waals surface area contributed by atoms with Gasteiger partial charge in [0, 0.05) is 17.6 Å². The van der Waals surface area contributed by atoms with E-state index in [-0.39, 0.29) is 12.1 Å². The van der Waals surface area contributed by atoms with Crippen LogP contribution >= 0.6 is 11.6 Å². The number of aliphatic hydroxyl groups is 1. The molecule has 3 aromatic rings. The molecule has 2 atom stereocenters. The molecule has 4 rings (SSSR count). The van der Waals surface area contributed by atoms with E-state index >= 15 is 0 Å². The molecule has 0 aliphatic carbocycles. The average Bonchev–Trinajstić information content (AvgIpc) is 2.71. The maximum Gasteiger partial charge on any atom is 0.120 e. The topological polar surface area (TPSA) is 32.7 Å². The highest BCUT2D eigenvalue weighted by Crippen LogP contribution is 2.41. The molecule has 0 radical (unpaired) electrons. The van der Waals surface area contributed by atoms with Crippen LogP contribution in [0.25, 0.3) is 0 Å². The monoisotopic (exact) mass is 393 g/mol. The molecule has 4 heteroatoms. The first-order chi connectivity index (χ1) is 13.7. The average molecular weight is 394 g/mol. The number of hydrogen-bond acceptors (Lipinski definition) is 3. The van der Waals surface area contributed by atoms with Gasteiger partial charge in [0.25, 0.3) is 0 Å². The number of aliphatic hydroxyl groups excluding tert-OH is 1. The van der Waals surface area contributed by atoms with Crippen molar-refractivity contribution in [2.75, 3.05) is 13.7 Å². The number of rotatable bonds is 6. The lowest BCUT2D eigenvalue weighted by Gasteiger charge is -2.48. The van der Waals surface area contributed by atoms with E-state index in [1.807, 2.05) is 24.3 Å². The summed E-state index contributed by atoms with van der Waals surface area (Å²) in [7, 11) is 1.61. The predicted molar refractivity (Wildman–Crippen MR) is 113 cm³/mol. The van der Waals surface area contributed by atoms with Crippen molar-refractivity contribution in [3.8, 4) is 5.75 Å². The van der Waals surface area contributed by atoms with Gasteiger partial charge in [-0.15, -0.1) is 0 Å². The zero-order chi connectivity index (χ0) is 19.5. The number of benzene rings is 3. The number of ether oxygens (including phenoxy) is 1. The third-order valence-electron chi connectivity index (χ3n) is 5.51. The van der Waals surface area contributed by atoms with Crippen LogP contribution in [0.3, 0.4) is 0 Å². The molecule has 1 aliphatic rings. The van der Waals surface area contributed by atoms with E-state index in [1.54, 1.807) is 13.2 Å². The van der Waals surface area contributed by atoms with Gasteiger partial charge >= 0.3 is 0 Å². The summed E-state index contributed by atoms with van der Waals surface area (Å²) >= 11 is 6.22. The zero-order valence-corrected chi connectivity index (χ0v) is 16.6. The molecule has 2 unspecified atom stereocenters. The fraction of sp³-hybridized carbons (Fsp3) is 0.250. The van der Waals surface area contributed by atoms with Crippen molar-refractivity contribution < 1.29 is 9.84 Å². The van der Waals surface area contributed by atoms with Crippen molar-refractivity contribution in [1.82, 2.24) is 4.90 Å². The second-order valence-corrected chi connectivity index (χ2v) is 7.62. The van der Waals surface area contributed by atoms with Gasteiger partial charge in [0.15, 0.2) is 0 Å². The van der Waals surface area contributed by atoms with Crippen LogP contribution in [0.2, 0.25) is 5.02 Å². The van der Waals surface area contributed by atoms with Crippen molar-refractivity contribution in [1.29, 1.82) is 0 Å². The van der Waals surface area contributed by atoms with Crippen LogP contribution in [-0.2, 0) is 0 Å². The van der Waals surface area contributed by atoms with Crippen LogP contribution in [0.5, 0.6) is 5.75 Å². The van der Waals surface area contributed by atoms with E-state index in [9.17, 15) is 5.11 Å². The molecule has 3 nitrogen and oxygen atoms in total. The van der Waals surface area contributed by atoms with E-state index in [2.05, 4.69) is 53.4 Å². The predicted octanol–water partition coefficient (Wildman–Crippen LogP) is 5.25. The van der Waals surface area contributed by atoms with Crippen LogP contribution in [-0.4, -0.2) is 29.7 Å². The van der Waals surface area contributed by atoms with Gasteiger partial charge in [-0.2, -0.15) is 0 Å². The molecule has 0 spiro atoms. The van der Waals surface area contributed by atoms with Gasteiger partial charge < -0.3 is 9.84 Å². The molecule has 0 saturated carbocycles. The zero-order valence-electron chi connectivity index (χ0n) is 15.8. The smallest absolute Gasteiger partial charge is 0.120 e. The minimum absolute atomic E-state index is 0.0218. The lowest BCUT2D eigenvalue weighted by Crippen LogP contribution is -2.52. The summed E-state index contributed by atoms with van der Waals surface area (Å²) < 4.78 is 5.32. The minimum Gasteiger partial charge on any atom is -0.497 e. The molecule has 144 valence electrons. The number of hydrogen-bond donors (Lipinski definition) is 1. The first-order valence-electron chi connectivity index (χ1n) is 9.55. The lowest BCUT2D eigenvalue weighted by molar-refractivity contribution is -0.0344. The third-order valence-corrected chi connectivity index (χ3v) is 5.72. The maximum absolute atomic E-state index is 11.1. The molecular formula is C24H24ClNO2. The fourth-order valence-electron chi connectivity index (χ4n) is 4.03. The molecule has 0 aromatic heterocycles. The highest BCUT2D eigenvalue weighted by Gasteiger charge is 2.40. The highest BCUT2D eigenvalue weighted by atomic mass is 35.5. The van der Waals surface area contributed by atoms with E-state index in [0.717, 1.165) is 18.5 Å². The molecule has 0 amide bonds. The Hall–Kier alpha value is -2.33. The summed E-state index contributed by atoms with van der Waals surface area (Å²) in [6, 6.07) is 26.5. The van der Waals surface area contributed by atoms with Crippen molar-refractivity contribution in [2.24, 2.45) is 0 Å². The Bertz CT molecular complexity index is 877. The van der Waals surface area contributed by atoms with E-state index in [1.165, 1.54) is 11.1 Å². The third kappa shape index (κ3) is 3.79. The van der Waals surface area contributed by atoms with Gasteiger partial charge in [0.2, 0.25) is 0 Å². The SMILES string of the molecule is COc1cc(Cl)cc(C(O)C2CCN2C(c2ccccc2)c2ccccc2)c1. The molecular weight excluding hydrogens is 370 g/mol. The van der Waals surface area contributed by atoms with Crippen molar-refractivity contribution in [3.05, 3.63) is 101 Å². The quantitative estimate of drug-likeness (QED) is 0.621. The van der Waals surface area contributed by atoms with E-state index in [0.29, 0.717) is 10.8 Å². The van der Waals surface area contributed by atoms with Crippen LogP contribution in [0.15, 0.2) is 78.9 Å². The summed E-state index contributed by atoms with van der Waals surface area (Å²) in [5, 5.41) is 11.7. The van der Waals surface area contributed by atoms with Gasteiger partial charge in [0.05, 0.1) is 19.3 Å². The van der Waals surface area contributed by atoms with Gasteiger partial charge in [-0.3, -0.25) is 4.90 Å². The van der Waals surface area contributed by atoms with Gasteiger partial charge in [-0.25, -0.2) is 0 Å². The Balaban J connectivity index is 1.66. The normalized spacial score (nSPS) is 17.9. The van der Waals surface area contributed by atoms with E-state index < -0.39 is 6.10 Å². The summed E-state index contributed by atoms with van der Waals surface area (Å²) in [6.45, 7) is 0.938. The number of likely N-dealkylation sites (tertiary alicyclic amines) is 1. The summed E-state index contributed by atoms with van der Waals surface area (Å²) in [5.41, 5.74) is 3.25. The molecule has 1 saturated heterocycles. The number of nitrogens with zero attached hydrogens (tertiary/aromatic N) is 1. The molecule has 0 bridgehead atoms. The Morgan fingerprint density at radius 1 is 0.929 bits per heavy atom. The highest BCUT2D eigenvalue weighted by molar-refractivity contribution is 6.30. The van der Waals surface area contributed by atoms with Crippen molar-refractivity contribution in [3.63, 3.8) is 0 Å². The van der Waals surface area contributed by atoms with Crippen LogP contribution in [0, 0.1) is 0 Å². The minimum atomic E-state index is -0.628. The molecule has 28 heavy (non-hydrogen) atoms. The number of methoxy groups -OCH3 is 1. The maximum atomic E-state index is 11.1. The second kappa shape index (κ2) is 8.36. The Labute approximate surface area is 171 Å². The van der Waals surface area contributed by atoms with Gasteiger partial charge in [-0.05, 0) is 41.3 Å². The van der Waals surface area contributed by atoms with Crippen molar-refractivity contribution >= 4 is 11.6 Å². The Morgan fingerprint density at radius 3 is 2.04 bits per heavy atom. The van der Waals surface area contributed by atoms with Crippen LogP contribution < -0.4 is 4.74 Å². The summed E-state index contributed by atoms with van der Waals surface area (Å²) in [6.07, 6.45) is 0.308. The van der Waals surface area contributed by atoms with Crippen molar-refractivity contribution in [2.45, 2.75) is 24.6 Å². The first-order valence-corrected chi connectivity index (χ1v) is 9.93.